The van der Waals surface area contributed by atoms with Crippen LogP contribution in [0.4, 0.5) is 0 Å². The highest BCUT2D eigenvalue weighted by Crippen LogP contribution is 2.22. The largest absolute Gasteiger partial charge is 0.494 e. The maximum absolute atomic E-state index is 11.6. The van der Waals surface area contributed by atoms with E-state index in [9.17, 15) is 4.79 Å². The Labute approximate surface area is 154 Å². The van der Waals surface area contributed by atoms with Gasteiger partial charge in [-0.1, -0.05) is 6.07 Å². The van der Waals surface area contributed by atoms with Crippen LogP contribution in [0.2, 0.25) is 0 Å². The van der Waals surface area contributed by atoms with Crippen molar-refractivity contribution in [1.29, 1.82) is 5.26 Å². The quantitative estimate of drug-likeness (QED) is 0.536. The Morgan fingerprint density at radius 3 is 2.04 bits per heavy atom. The topological polar surface area (TPSA) is 68.6 Å². The van der Waals surface area contributed by atoms with Crippen molar-refractivity contribution in [2.75, 3.05) is 0 Å². The summed E-state index contributed by atoms with van der Waals surface area (Å²) in [4.78, 5) is 11.6. The van der Waals surface area contributed by atoms with Gasteiger partial charge in [-0.3, -0.25) is 4.79 Å². The molecular formula is C20H22BNO4. The van der Waals surface area contributed by atoms with Gasteiger partial charge in [-0.15, -0.1) is 0 Å². The van der Waals surface area contributed by atoms with Crippen molar-refractivity contribution < 1.29 is 18.8 Å². The third kappa shape index (κ3) is 5.45. The number of carbonyl (C=O) groups is 1. The van der Waals surface area contributed by atoms with Crippen LogP contribution in [0.5, 0.6) is 11.5 Å². The Hall–Kier alpha value is -2.62. The van der Waals surface area contributed by atoms with E-state index in [1.807, 2.05) is 27.7 Å². The molecule has 0 N–H and O–H groups in total. The minimum atomic E-state index is -0.626. The molecule has 0 spiro atoms. The van der Waals surface area contributed by atoms with Gasteiger partial charge in [0.05, 0.1) is 11.6 Å². The lowest BCUT2D eigenvalue weighted by Crippen LogP contribution is -2.42. The molecule has 0 atom stereocenters. The molecule has 2 aromatic rings. The fourth-order valence-electron chi connectivity index (χ4n) is 2.34. The maximum atomic E-state index is 11.6. The molecule has 0 saturated heterocycles. The second-order valence-electron chi connectivity index (χ2n) is 6.35. The molecule has 0 aliphatic rings. The SMILES string of the molecule is CC(C)OB(OC(C)C)c1ccc(Oc2ccc(C#N)cc2)cc1C=O. The normalized spacial score (nSPS) is 10.7. The summed E-state index contributed by atoms with van der Waals surface area (Å²) >= 11 is 0. The lowest BCUT2D eigenvalue weighted by atomic mass is 9.75. The molecule has 0 aromatic heterocycles. The monoisotopic (exact) mass is 351 g/mol. The van der Waals surface area contributed by atoms with Crippen LogP contribution in [0.15, 0.2) is 42.5 Å². The Kier molecular flexibility index (Phi) is 6.96. The summed E-state index contributed by atoms with van der Waals surface area (Å²) in [7, 11) is -0.626. The molecule has 0 fully saturated rings. The van der Waals surface area contributed by atoms with Crippen molar-refractivity contribution in [2.45, 2.75) is 39.9 Å². The number of nitriles is 1. The maximum Gasteiger partial charge on any atom is 0.494 e. The molecule has 6 heteroatoms. The third-order valence-corrected chi connectivity index (χ3v) is 3.45. The molecule has 2 aromatic carbocycles. The van der Waals surface area contributed by atoms with Crippen LogP contribution in [0.3, 0.4) is 0 Å². The van der Waals surface area contributed by atoms with E-state index < -0.39 is 7.12 Å². The van der Waals surface area contributed by atoms with Gasteiger partial charge in [0.15, 0.2) is 0 Å². The zero-order chi connectivity index (χ0) is 19.1. The Morgan fingerprint density at radius 2 is 1.54 bits per heavy atom. The lowest BCUT2D eigenvalue weighted by molar-refractivity contribution is 0.112. The van der Waals surface area contributed by atoms with Gasteiger partial charge in [-0.05, 0) is 69.6 Å². The fraction of sp³-hybridized carbons (Fsp3) is 0.300. The van der Waals surface area contributed by atoms with Crippen molar-refractivity contribution in [3.05, 3.63) is 53.6 Å². The van der Waals surface area contributed by atoms with Gasteiger partial charge in [0.2, 0.25) is 0 Å². The van der Waals surface area contributed by atoms with Gasteiger partial charge in [0.25, 0.3) is 0 Å². The number of nitrogens with zero attached hydrogens (tertiary/aromatic N) is 1. The Bertz CT molecular complexity index is 771. The van der Waals surface area contributed by atoms with E-state index in [1.54, 1.807) is 42.5 Å². The van der Waals surface area contributed by atoms with E-state index in [4.69, 9.17) is 19.3 Å². The molecule has 0 unspecified atom stereocenters. The second-order valence-corrected chi connectivity index (χ2v) is 6.35. The molecule has 0 aliphatic carbocycles. The molecular weight excluding hydrogens is 329 g/mol. The summed E-state index contributed by atoms with van der Waals surface area (Å²) in [6.45, 7) is 7.67. The summed E-state index contributed by atoms with van der Waals surface area (Å²) in [5, 5.41) is 8.84. The summed E-state index contributed by atoms with van der Waals surface area (Å²) in [5.41, 5.74) is 1.66. The average Bonchev–Trinajstić information content (AvgIpc) is 2.61. The summed E-state index contributed by atoms with van der Waals surface area (Å²) in [6.07, 6.45) is 0.669. The third-order valence-electron chi connectivity index (χ3n) is 3.45. The van der Waals surface area contributed by atoms with Crippen molar-refractivity contribution in [3.63, 3.8) is 0 Å². The smallest absolute Gasteiger partial charge is 0.457 e. The Balaban J connectivity index is 2.26. The van der Waals surface area contributed by atoms with Gasteiger partial charge in [0, 0.05) is 17.8 Å². The highest BCUT2D eigenvalue weighted by Gasteiger charge is 2.27. The number of hydrogen-bond acceptors (Lipinski definition) is 5. The van der Waals surface area contributed by atoms with Crippen LogP contribution >= 0.6 is 0 Å². The van der Waals surface area contributed by atoms with E-state index in [0.29, 0.717) is 28.1 Å². The number of hydrogen-bond donors (Lipinski definition) is 0. The predicted octanol–water partition coefficient (Wildman–Crippen LogP) is 3.71. The number of carbonyl (C=O) groups excluding carboxylic acids is 1. The standard InChI is InChI=1S/C20H22BNO4/c1-14(2)25-21(26-15(3)4)20-10-9-19(11-17(20)13-23)24-18-7-5-16(12-22)6-8-18/h5-11,13-15H,1-4H3. The molecule has 134 valence electrons. The van der Waals surface area contributed by atoms with Crippen LogP contribution in [0.1, 0.15) is 43.6 Å². The molecule has 5 nitrogen and oxygen atoms in total. The second kappa shape index (κ2) is 9.18. The summed E-state index contributed by atoms with van der Waals surface area (Å²) in [5.74, 6) is 1.11. The van der Waals surface area contributed by atoms with Crippen LogP contribution < -0.4 is 10.2 Å². The molecule has 0 aliphatic heterocycles. The van der Waals surface area contributed by atoms with E-state index in [1.165, 1.54) is 0 Å². The van der Waals surface area contributed by atoms with Crippen LogP contribution in [-0.2, 0) is 9.31 Å². The molecule has 0 saturated carbocycles. The van der Waals surface area contributed by atoms with E-state index in [0.717, 1.165) is 6.29 Å². The lowest BCUT2D eigenvalue weighted by Gasteiger charge is -2.21. The molecule has 26 heavy (non-hydrogen) atoms. The molecule has 0 bridgehead atoms. The van der Waals surface area contributed by atoms with Gasteiger partial charge in [-0.25, -0.2) is 0 Å². The van der Waals surface area contributed by atoms with E-state index >= 15 is 0 Å². The summed E-state index contributed by atoms with van der Waals surface area (Å²) < 4.78 is 17.4. The fourth-order valence-corrected chi connectivity index (χ4v) is 2.34. The zero-order valence-electron chi connectivity index (χ0n) is 15.4. The first-order valence-electron chi connectivity index (χ1n) is 8.51. The number of ether oxygens (including phenoxy) is 1. The highest BCUT2D eigenvalue weighted by atomic mass is 16.6. The molecule has 0 heterocycles. The predicted molar refractivity (Wildman–Crippen MR) is 101 cm³/mol. The van der Waals surface area contributed by atoms with Crippen molar-refractivity contribution in [3.8, 4) is 17.6 Å². The Morgan fingerprint density at radius 1 is 0.962 bits per heavy atom. The number of rotatable bonds is 8. The van der Waals surface area contributed by atoms with Crippen LogP contribution in [0, 0.1) is 11.3 Å². The van der Waals surface area contributed by atoms with Crippen molar-refractivity contribution in [1.82, 2.24) is 0 Å². The first-order valence-corrected chi connectivity index (χ1v) is 8.51. The summed E-state index contributed by atoms with van der Waals surface area (Å²) in [6, 6.07) is 14.0. The van der Waals surface area contributed by atoms with Crippen LogP contribution in [-0.4, -0.2) is 25.6 Å². The van der Waals surface area contributed by atoms with Crippen LogP contribution in [0.25, 0.3) is 0 Å². The van der Waals surface area contributed by atoms with Crippen molar-refractivity contribution in [2.24, 2.45) is 0 Å². The van der Waals surface area contributed by atoms with Gasteiger partial charge >= 0.3 is 7.12 Å². The number of benzene rings is 2. The van der Waals surface area contributed by atoms with E-state index in [2.05, 4.69) is 6.07 Å². The average molecular weight is 351 g/mol. The zero-order valence-corrected chi connectivity index (χ0v) is 15.4. The molecule has 0 radical (unpaired) electrons. The molecule has 0 amide bonds. The van der Waals surface area contributed by atoms with Gasteiger partial charge in [0.1, 0.15) is 17.8 Å². The minimum Gasteiger partial charge on any atom is -0.457 e. The first-order chi connectivity index (χ1) is 12.4. The van der Waals surface area contributed by atoms with Crippen molar-refractivity contribution >= 4 is 18.9 Å². The first kappa shape index (κ1) is 19.7. The molecule has 2 rings (SSSR count). The highest BCUT2D eigenvalue weighted by molar-refractivity contribution is 6.62. The number of aldehydes is 1. The van der Waals surface area contributed by atoms with E-state index in [-0.39, 0.29) is 12.2 Å². The van der Waals surface area contributed by atoms with Gasteiger partial charge in [-0.2, -0.15) is 5.26 Å². The minimum absolute atomic E-state index is 0.0483. The van der Waals surface area contributed by atoms with Gasteiger partial charge < -0.3 is 14.0 Å².